The second-order valence-electron chi connectivity index (χ2n) is 5.54. The van der Waals surface area contributed by atoms with Gasteiger partial charge in [-0.1, -0.05) is 44.2 Å². The molecule has 4 heteroatoms. The Balaban J connectivity index is 2.70. The Morgan fingerprint density at radius 1 is 1.20 bits per heavy atom. The average molecular weight is 277 g/mol. The number of carbonyl (C=O) groups excluding carboxylic acids is 1. The highest BCUT2D eigenvalue weighted by Gasteiger charge is 2.26. The van der Waals surface area contributed by atoms with Gasteiger partial charge in [-0.15, -0.1) is 0 Å². The third-order valence-corrected chi connectivity index (χ3v) is 3.48. The van der Waals surface area contributed by atoms with Crippen LogP contribution in [0.5, 0.6) is 0 Å². The summed E-state index contributed by atoms with van der Waals surface area (Å²) in [6.45, 7) is 6.75. The molecule has 1 amide bonds. The van der Waals surface area contributed by atoms with Gasteiger partial charge in [0.2, 0.25) is 5.91 Å². The van der Waals surface area contributed by atoms with Crippen molar-refractivity contribution in [2.75, 3.05) is 13.1 Å². The molecule has 110 valence electrons. The van der Waals surface area contributed by atoms with E-state index in [1.54, 1.807) is 4.90 Å². The first-order valence-electron chi connectivity index (χ1n) is 6.92. The van der Waals surface area contributed by atoms with E-state index in [0.29, 0.717) is 13.0 Å². The second kappa shape index (κ2) is 7.08. The van der Waals surface area contributed by atoms with Crippen LogP contribution in [0.15, 0.2) is 30.3 Å². The molecule has 0 atom stereocenters. The maximum atomic E-state index is 12.3. The minimum Gasteiger partial charge on any atom is -0.481 e. The van der Waals surface area contributed by atoms with Gasteiger partial charge in [-0.2, -0.15) is 0 Å². The van der Waals surface area contributed by atoms with Crippen molar-refractivity contribution in [1.29, 1.82) is 0 Å². The van der Waals surface area contributed by atoms with Crippen LogP contribution in [0, 0.1) is 0 Å². The molecule has 0 unspecified atom stereocenters. The molecule has 1 N–H and O–H groups in total. The van der Waals surface area contributed by atoms with Crippen LogP contribution in [0.1, 0.15) is 39.2 Å². The second-order valence-corrected chi connectivity index (χ2v) is 5.54. The van der Waals surface area contributed by atoms with Crippen LogP contribution in [0.2, 0.25) is 0 Å². The van der Waals surface area contributed by atoms with Crippen molar-refractivity contribution in [2.45, 2.75) is 39.0 Å². The van der Waals surface area contributed by atoms with E-state index >= 15 is 0 Å². The Hall–Kier alpha value is -1.84. The molecule has 0 spiro atoms. The fourth-order valence-corrected chi connectivity index (χ4v) is 2.17. The molecule has 0 fully saturated rings. The molecule has 0 saturated carbocycles. The predicted molar refractivity (Wildman–Crippen MR) is 78.6 cm³/mol. The number of carboxylic acids is 1. The Bertz CT molecular complexity index is 454. The highest BCUT2D eigenvalue weighted by Crippen LogP contribution is 2.27. The minimum atomic E-state index is -0.876. The molecule has 0 aromatic heterocycles. The van der Waals surface area contributed by atoms with Crippen LogP contribution in [0.4, 0.5) is 0 Å². The molecule has 1 rings (SSSR count). The van der Waals surface area contributed by atoms with E-state index in [0.717, 1.165) is 5.56 Å². The van der Waals surface area contributed by atoms with Crippen molar-refractivity contribution in [3.05, 3.63) is 35.9 Å². The van der Waals surface area contributed by atoms with Crippen molar-refractivity contribution < 1.29 is 14.7 Å². The topological polar surface area (TPSA) is 57.6 Å². The summed E-state index contributed by atoms with van der Waals surface area (Å²) in [5.74, 6) is -0.874. The summed E-state index contributed by atoms with van der Waals surface area (Å²) in [7, 11) is 0. The summed E-state index contributed by atoms with van der Waals surface area (Å²) in [6.07, 6.45) is 0.371. The predicted octanol–water partition coefficient (Wildman–Crippen LogP) is 2.68. The number of benzene rings is 1. The summed E-state index contributed by atoms with van der Waals surface area (Å²) < 4.78 is 0. The van der Waals surface area contributed by atoms with Crippen LogP contribution >= 0.6 is 0 Å². The molecule has 0 aliphatic carbocycles. The van der Waals surface area contributed by atoms with Gasteiger partial charge < -0.3 is 10.0 Å². The van der Waals surface area contributed by atoms with Gasteiger partial charge in [0, 0.05) is 19.5 Å². The molecule has 0 saturated heterocycles. The first kappa shape index (κ1) is 16.2. The largest absolute Gasteiger partial charge is 0.481 e. The van der Waals surface area contributed by atoms with Crippen LogP contribution in [-0.2, 0) is 15.0 Å². The molecular formula is C16H23NO3. The summed E-state index contributed by atoms with van der Waals surface area (Å²) in [5, 5.41) is 8.71. The average Bonchev–Trinajstić information content (AvgIpc) is 2.39. The highest BCUT2D eigenvalue weighted by molar-refractivity contribution is 5.78. The Morgan fingerprint density at radius 2 is 1.80 bits per heavy atom. The van der Waals surface area contributed by atoms with E-state index < -0.39 is 5.97 Å². The Labute approximate surface area is 120 Å². The molecule has 0 aliphatic heterocycles. The van der Waals surface area contributed by atoms with Gasteiger partial charge in [0.25, 0.3) is 0 Å². The summed E-state index contributed by atoms with van der Waals surface area (Å²) in [6, 6.07) is 9.90. The molecule has 0 heterocycles. The fraction of sp³-hybridized carbons (Fsp3) is 0.500. The van der Waals surface area contributed by atoms with Crippen molar-refractivity contribution in [3.63, 3.8) is 0 Å². The Kier molecular flexibility index (Phi) is 5.74. The lowest BCUT2D eigenvalue weighted by Gasteiger charge is -2.28. The van der Waals surface area contributed by atoms with Crippen LogP contribution in [0.3, 0.4) is 0 Å². The first-order valence-corrected chi connectivity index (χ1v) is 6.92. The smallest absolute Gasteiger partial charge is 0.305 e. The number of aliphatic carboxylic acids is 1. The molecule has 1 aromatic carbocycles. The maximum Gasteiger partial charge on any atom is 0.305 e. The SMILES string of the molecule is CCN(CCC(=O)O)C(=O)CC(C)(C)c1ccccc1. The molecule has 1 aromatic rings. The van der Waals surface area contributed by atoms with Gasteiger partial charge >= 0.3 is 5.97 Å². The molecule has 0 aliphatic rings. The van der Waals surface area contributed by atoms with Gasteiger partial charge in [0.05, 0.1) is 6.42 Å². The fourth-order valence-electron chi connectivity index (χ4n) is 2.17. The van der Waals surface area contributed by atoms with Gasteiger partial charge in [0.15, 0.2) is 0 Å². The lowest BCUT2D eigenvalue weighted by Crippen LogP contribution is -2.36. The van der Waals surface area contributed by atoms with E-state index in [1.807, 2.05) is 51.1 Å². The van der Waals surface area contributed by atoms with Crippen LogP contribution in [-0.4, -0.2) is 35.0 Å². The number of hydrogen-bond acceptors (Lipinski definition) is 2. The monoisotopic (exact) mass is 277 g/mol. The van der Waals surface area contributed by atoms with Crippen molar-refractivity contribution >= 4 is 11.9 Å². The van der Waals surface area contributed by atoms with Crippen molar-refractivity contribution in [1.82, 2.24) is 4.90 Å². The van der Waals surface area contributed by atoms with Crippen molar-refractivity contribution in [3.8, 4) is 0 Å². The maximum absolute atomic E-state index is 12.3. The molecular weight excluding hydrogens is 254 g/mol. The zero-order valence-corrected chi connectivity index (χ0v) is 12.4. The van der Waals surface area contributed by atoms with Crippen molar-refractivity contribution in [2.24, 2.45) is 0 Å². The lowest BCUT2D eigenvalue weighted by molar-refractivity contribution is -0.138. The zero-order chi connectivity index (χ0) is 15.2. The summed E-state index contributed by atoms with van der Waals surface area (Å²) in [5.41, 5.74) is 0.859. The number of hydrogen-bond donors (Lipinski definition) is 1. The van der Waals surface area contributed by atoms with E-state index in [2.05, 4.69) is 0 Å². The van der Waals surface area contributed by atoms with Gasteiger partial charge in [-0.05, 0) is 17.9 Å². The zero-order valence-electron chi connectivity index (χ0n) is 12.4. The van der Waals surface area contributed by atoms with E-state index in [-0.39, 0.29) is 24.3 Å². The number of rotatable bonds is 7. The van der Waals surface area contributed by atoms with Gasteiger partial charge in [-0.3, -0.25) is 9.59 Å². The van der Waals surface area contributed by atoms with Gasteiger partial charge in [-0.25, -0.2) is 0 Å². The third kappa shape index (κ3) is 4.68. The Morgan fingerprint density at radius 3 is 2.30 bits per heavy atom. The normalized spacial score (nSPS) is 11.2. The lowest BCUT2D eigenvalue weighted by atomic mass is 9.81. The first-order chi connectivity index (χ1) is 9.36. The summed E-state index contributed by atoms with van der Waals surface area (Å²) >= 11 is 0. The van der Waals surface area contributed by atoms with E-state index in [1.165, 1.54) is 0 Å². The number of carboxylic acid groups (broad SMARTS) is 1. The van der Waals surface area contributed by atoms with Crippen LogP contribution in [0.25, 0.3) is 0 Å². The number of carbonyl (C=O) groups is 2. The molecule has 0 bridgehead atoms. The third-order valence-electron chi connectivity index (χ3n) is 3.48. The van der Waals surface area contributed by atoms with Crippen LogP contribution < -0.4 is 0 Å². The standard InChI is InChI=1S/C16H23NO3/c1-4-17(11-10-15(19)20)14(18)12-16(2,3)13-8-6-5-7-9-13/h5-9H,4,10-12H2,1-3H3,(H,19,20). The molecule has 20 heavy (non-hydrogen) atoms. The van der Waals surface area contributed by atoms with Gasteiger partial charge in [0.1, 0.15) is 0 Å². The molecule has 4 nitrogen and oxygen atoms in total. The minimum absolute atomic E-state index is 0.00241. The van der Waals surface area contributed by atoms with E-state index in [9.17, 15) is 9.59 Å². The highest BCUT2D eigenvalue weighted by atomic mass is 16.4. The van der Waals surface area contributed by atoms with E-state index in [4.69, 9.17) is 5.11 Å². The number of amides is 1. The quantitative estimate of drug-likeness (QED) is 0.833. The molecule has 0 radical (unpaired) electrons. The summed E-state index contributed by atoms with van der Waals surface area (Å²) in [4.78, 5) is 24.5. The number of nitrogens with zero attached hydrogens (tertiary/aromatic N) is 1.